The summed E-state index contributed by atoms with van der Waals surface area (Å²) >= 11 is 7.60. The molecule has 0 fully saturated rings. The summed E-state index contributed by atoms with van der Waals surface area (Å²) in [6.45, 7) is 4.74. The second-order valence-electron chi connectivity index (χ2n) is 3.06. The van der Waals surface area contributed by atoms with Crippen LogP contribution >= 0.6 is 22.9 Å². The molecule has 2 N–H and O–H groups in total. The number of thiophene rings is 1. The lowest BCUT2D eigenvalue weighted by molar-refractivity contribution is 0.0421. The lowest BCUT2D eigenvalue weighted by Gasteiger charge is -2.21. The summed E-state index contributed by atoms with van der Waals surface area (Å²) in [6.07, 6.45) is 0.972. The summed E-state index contributed by atoms with van der Waals surface area (Å²) in [5.74, 6) is 0. The molecule has 1 aromatic heterocycles. The van der Waals surface area contributed by atoms with Crippen molar-refractivity contribution in [3.8, 4) is 0 Å². The van der Waals surface area contributed by atoms with Crippen LogP contribution in [0.4, 0.5) is 0 Å². The predicted molar refractivity (Wildman–Crippen MR) is 62.0 cm³/mol. The third kappa shape index (κ3) is 2.70. The molecule has 0 saturated carbocycles. The zero-order chi connectivity index (χ0) is 10.6. The largest absolute Gasteiger partial charge is 0.377 e. The normalized spacial score (nSPS) is 15.4. The number of halogens is 1. The van der Waals surface area contributed by atoms with Crippen molar-refractivity contribution in [1.82, 2.24) is 0 Å². The van der Waals surface area contributed by atoms with Gasteiger partial charge < -0.3 is 10.5 Å². The van der Waals surface area contributed by atoms with E-state index in [4.69, 9.17) is 22.1 Å². The predicted octanol–water partition coefficient (Wildman–Crippen LogP) is 3.22. The van der Waals surface area contributed by atoms with Crippen LogP contribution in [0.15, 0.2) is 11.4 Å². The van der Waals surface area contributed by atoms with E-state index in [1.807, 2.05) is 18.4 Å². The quantitative estimate of drug-likeness (QED) is 0.848. The summed E-state index contributed by atoms with van der Waals surface area (Å²) < 4.78 is 5.55. The van der Waals surface area contributed by atoms with Crippen LogP contribution in [0.25, 0.3) is 0 Å². The molecule has 0 saturated heterocycles. The van der Waals surface area contributed by atoms with Crippen molar-refractivity contribution in [2.45, 2.75) is 32.4 Å². The molecule has 1 aromatic rings. The van der Waals surface area contributed by atoms with E-state index in [0.717, 1.165) is 16.3 Å². The summed E-state index contributed by atoms with van der Waals surface area (Å²) in [5.41, 5.74) is 6.08. The van der Waals surface area contributed by atoms with Gasteiger partial charge in [-0.2, -0.15) is 0 Å². The Labute approximate surface area is 94.0 Å². The van der Waals surface area contributed by atoms with E-state index < -0.39 is 0 Å². The highest BCUT2D eigenvalue weighted by Crippen LogP contribution is 2.30. The molecule has 0 aromatic carbocycles. The maximum atomic E-state index is 6.08. The first-order valence-electron chi connectivity index (χ1n) is 4.80. The van der Waals surface area contributed by atoms with Crippen molar-refractivity contribution >= 4 is 22.9 Å². The Bertz CT molecular complexity index is 277. The molecule has 0 amide bonds. The molecule has 14 heavy (non-hydrogen) atoms. The van der Waals surface area contributed by atoms with E-state index in [2.05, 4.69) is 6.92 Å². The first-order valence-corrected chi connectivity index (χ1v) is 6.06. The molecular formula is C10H16ClNOS. The number of nitrogens with two attached hydrogens (primary N) is 1. The number of rotatable bonds is 5. The minimum atomic E-state index is -0.104. The molecule has 2 unspecified atom stereocenters. The van der Waals surface area contributed by atoms with Gasteiger partial charge in [0.2, 0.25) is 0 Å². The Morgan fingerprint density at radius 2 is 2.29 bits per heavy atom. The molecule has 0 aliphatic heterocycles. The molecule has 0 aliphatic carbocycles. The first kappa shape index (κ1) is 12.0. The van der Waals surface area contributed by atoms with E-state index in [1.165, 1.54) is 0 Å². The molecule has 0 radical (unpaired) electrons. The van der Waals surface area contributed by atoms with Crippen LogP contribution in [0.3, 0.4) is 0 Å². The molecule has 2 atom stereocenters. The van der Waals surface area contributed by atoms with Crippen molar-refractivity contribution in [3.63, 3.8) is 0 Å². The third-order valence-electron chi connectivity index (χ3n) is 2.13. The van der Waals surface area contributed by atoms with E-state index >= 15 is 0 Å². The second-order valence-corrected chi connectivity index (χ2v) is 4.42. The Hall–Kier alpha value is -0.0900. The van der Waals surface area contributed by atoms with E-state index in [1.54, 1.807) is 11.3 Å². The average molecular weight is 234 g/mol. The number of ether oxygens (including phenoxy) is 1. The van der Waals surface area contributed by atoms with Crippen molar-refractivity contribution in [2.75, 3.05) is 6.61 Å². The van der Waals surface area contributed by atoms with Crippen LogP contribution in [0, 0.1) is 0 Å². The zero-order valence-electron chi connectivity index (χ0n) is 8.50. The lowest BCUT2D eigenvalue weighted by atomic mass is 10.1. The van der Waals surface area contributed by atoms with Gasteiger partial charge in [-0.05, 0) is 24.8 Å². The monoisotopic (exact) mass is 233 g/mol. The van der Waals surface area contributed by atoms with Crippen LogP contribution in [-0.4, -0.2) is 12.7 Å². The standard InChI is InChI=1S/C10H16ClNOS/c1-3-8(13-4-2)9(12)10-7(11)5-6-14-10/h5-6,8-9H,3-4,12H2,1-2H3. The summed E-state index contributed by atoms with van der Waals surface area (Å²) in [5, 5.41) is 2.71. The molecule has 4 heteroatoms. The first-order chi connectivity index (χ1) is 6.70. The Morgan fingerprint density at radius 1 is 1.57 bits per heavy atom. The fraction of sp³-hybridized carbons (Fsp3) is 0.600. The van der Waals surface area contributed by atoms with Gasteiger partial charge in [0.25, 0.3) is 0 Å². The van der Waals surface area contributed by atoms with Gasteiger partial charge in [-0.3, -0.25) is 0 Å². The highest BCUT2D eigenvalue weighted by atomic mass is 35.5. The zero-order valence-corrected chi connectivity index (χ0v) is 10.1. The summed E-state index contributed by atoms with van der Waals surface area (Å²) in [7, 11) is 0. The maximum absolute atomic E-state index is 6.08. The van der Waals surface area contributed by atoms with E-state index in [0.29, 0.717) is 6.61 Å². The Balaban J connectivity index is 2.72. The molecule has 80 valence electrons. The van der Waals surface area contributed by atoms with E-state index in [-0.39, 0.29) is 12.1 Å². The Kier molecular flexibility index (Phi) is 4.89. The van der Waals surface area contributed by atoms with Gasteiger partial charge in [-0.15, -0.1) is 11.3 Å². The Morgan fingerprint density at radius 3 is 2.71 bits per heavy atom. The van der Waals surface area contributed by atoms with Gasteiger partial charge in [0.1, 0.15) is 0 Å². The maximum Gasteiger partial charge on any atom is 0.0773 e. The average Bonchev–Trinajstić information content (AvgIpc) is 2.59. The minimum absolute atomic E-state index is 0.0659. The highest BCUT2D eigenvalue weighted by Gasteiger charge is 2.21. The van der Waals surface area contributed by atoms with Crippen molar-refractivity contribution in [3.05, 3.63) is 21.3 Å². The third-order valence-corrected chi connectivity index (χ3v) is 3.59. The van der Waals surface area contributed by atoms with Crippen LogP contribution in [0.5, 0.6) is 0 Å². The van der Waals surface area contributed by atoms with Crippen molar-refractivity contribution in [2.24, 2.45) is 5.73 Å². The topological polar surface area (TPSA) is 35.2 Å². The van der Waals surface area contributed by atoms with E-state index in [9.17, 15) is 0 Å². The number of hydrogen-bond acceptors (Lipinski definition) is 3. The summed E-state index contributed by atoms with van der Waals surface area (Å²) in [6, 6.07) is 1.77. The van der Waals surface area contributed by atoms with Crippen molar-refractivity contribution in [1.29, 1.82) is 0 Å². The van der Waals surface area contributed by atoms with Crippen molar-refractivity contribution < 1.29 is 4.74 Å². The molecule has 0 aliphatic rings. The van der Waals surface area contributed by atoms with Gasteiger partial charge in [0, 0.05) is 11.5 Å². The van der Waals surface area contributed by atoms with Gasteiger partial charge in [-0.25, -0.2) is 0 Å². The summed E-state index contributed by atoms with van der Waals surface area (Å²) in [4.78, 5) is 1.02. The molecular weight excluding hydrogens is 218 g/mol. The highest BCUT2D eigenvalue weighted by molar-refractivity contribution is 7.10. The van der Waals surface area contributed by atoms with Crippen LogP contribution in [-0.2, 0) is 4.74 Å². The van der Waals surface area contributed by atoms with Crippen LogP contribution < -0.4 is 5.73 Å². The van der Waals surface area contributed by atoms with Gasteiger partial charge in [0.15, 0.2) is 0 Å². The van der Waals surface area contributed by atoms with Crippen LogP contribution in [0.1, 0.15) is 31.2 Å². The van der Waals surface area contributed by atoms with Gasteiger partial charge in [-0.1, -0.05) is 18.5 Å². The fourth-order valence-corrected chi connectivity index (χ4v) is 2.64. The smallest absolute Gasteiger partial charge is 0.0773 e. The molecule has 0 spiro atoms. The fourth-order valence-electron chi connectivity index (χ4n) is 1.40. The second kappa shape index (κ2) is 5.71. The SMILES string of the molecule is CCOC(CC)C(N)c1sccc1Cl. The number of hydrogen-bond donors (Lipinski definition) is 1. The lowest BCUT2D eigenvalue weighted by Crippen LogP contribution is -2.28. The molecule has 0 bridgehead atoms. The molecule has 1 rings (SSSR count). The molecule has 1 heterocycles. The minimum Gasteiger partial charge on any atom is -0.377 e. The van der Waals surface area contributed by atoms with Gasteiger partial charge >= 0.3 is 0 Å². The molecule has 2 nitrogen and oxygen atoms in total. The van der Waals surface area contributed by atoms with Crippen LogP contribution in [0.2, 0.25) is 5.02 Å². The van der Waals surface area contributed by atoms with Gasteiger partial charge in [0.05, 0.1) is 17.2 Å².